The molecule has 1 aliphatic rings. The summed E-state index contributed by atoms with van der Waals surface area (Å²) in [4.78, 5) is 19.5. The van der Waals surface area contributed by atoms with Crippen molar-refractivity contribution in [3.8, 4) is 11.3 Å². The van der Waals surface area contributed by atoms with E-state index in [0.29, 0.717) is 11.3 Å². The normalized spacial score (nSPS) is 23.8. The first-order valence-corrected chi connectivity index (χ1v) is 11.4. The number of nitrogens with zero attached hydrogens (tertiary/aromatic N) is 3. The molecule has 2 aromatic rings. The molecule has 0 radical (unpaired) electrons. The van der Waals surface area contributed by atoms with Crippen molar-refractivity contribution in [2.75, 3.05) is 11.5 Å². The van der Waals surface area contributed by atoms with E-state index in [9.17, 15) is 27.3 Å². The van der Waals surface area contributed by atoms with Crippen LogP contribution in [0.15, 0.2) is 35.0 Å². The number of nitrogens with two attached hydrogens (primary N) is 1. The standard InChI is InChI=1S/C20H23F3N4O3S/c1-12-3-4-14(13(2)9-12)16-10-26-17(11-25-16)19(29,20(21,22)23)6-8-31(30)7-5-15(24)18(28)27-31/h3-4,9-11,15,29H,5-8,24H2,1-2H3/t15-,19?,31?/m0/s1. The lowest BCUT2D eigenvalue weighted by Gasteiger charge is -2.30. The Morgan fingerprint density at radius 1 is 1.23 bits per heavy atom. The highest BCUT2D eigenvalue weighted by molar-refractivity contribution is 7.93. The smallest absolute Gasteiger partial charge is 0.375 e. The van der Waals surface area contributed by atoms with Gasteiger partial charge in [0.05, 0.1) is 39.6 Å². The minimum atomic E-state index is -5.10. The first kappa shape index (κ1) is 23.3. The van der Waals surface area contributed by atoms with Gasteiger partial charge in [0.15, 0.2) is 0 Å². The van der Waals surface area contributed by atoms with Gasteiger partial charge in [0.25, 0.3) is 5.91 Å². The summed E-state index contributed by atoms with van der Waals surface area (Å²) in [6.45, 7) is 3.76. The molecule has 7 nitrogen and oxygen atoms in total. The fourth-order valence-corrected chi connectivity index (χ4v) is 5.45. The number of halogens is 3. The second kappa shape index (κ2) is 8.29. The van der Waals surface area contributed by atoms with Crippen LogP contribution in [0.25, 0.3) is 11.3 Å². The van der Waals surface area contributed by atoms with E-state index >= 15 is 0 Å². The van der Waals surface area contributed by atoms with Crippen molar-refractivity contribution in [3.05, 3.63) is 47.4 Å². The van der Waals surface area contributed by atoms with Crippen LogP contribution in [0.4, 0.5) is 13.2 Å². The second-order valence-electron chi connectivity index (χ2n) is 7.72. The Kier molecular flexibility index (Phi) is 6.23. The molecule has 0 aliphatic carbocycles. The number of aliphatic hydroxyl groups is 1. The first-order chi connectivity index (χ1) is 14.3. The first-order valence-electron chi connectivity index (χ1n) is 9.56. The molecule has 2 heterocycles. The van der Waals surface area contributed by atoms with Crippen LogP contribution >= 0.6 is 0 Å². The summed E-state index contributed by atoms with van der Waals surface area (Å²) in [7, 11) is -3.25. The monoisotopic (exact) mass is 456 g/mol. The minimum Gasteiger partial charge on any atom is -0.375 e. The van der Waals surface area contributed by atoms with Crippen LogP contribution in [0.3, 0.4) is 0 Å². The van der Waals surface area contributed by atoms with Gasteiger partial charge < -0.3 is 10.8 Å². The third-order valence-electron chi connectivity index (χ3n) is 5.31. The molecule has 0 bridgehead atoms. The van der Waals surface area contributed by atoms with E-state index in [1.54, 1.807) is 6.07 Å². The number of hydrogen-bond donors (Lipinski definition) is 2. The number of benzene rings is 1. The number of aryl methyl sites for hydroxylation is 2. The zero-order valence-electron chi connectivity index (χ0n) is 17.0. The van der Waals surface area contributed by atoms with Crippen molar-refractivity contribution in [1.82, 2.24) is 9.97 Å². The third-order valence-corrected chi connectivity index (χ3v) is 7.53. The fraction of sp³-hybridized carbons (Fsp3) is 0.450. The van der Waals surface area contributed by atoms with Gasteiger partial charge >= 0.3 is 6.18 Å². The lowest BCUT2D eigenvalue weighted by atomic mass is 9.95. The molecule has 3 N–H and O–H groups in total. The quantitative estimate of drug-likeness (QED) is 0.714. The van der Waals surface area contributed by atoms with Crippen LogP contribution in [0.2, 0.25) is 0 Å². The molecule has 1 aliphatic heterocycles. The number of rotatable bonds is 5. The van der Waals surface area contributed by atoms with Gasteiger partial charge in [-0.15, -0.1) is 0 Å². The van der Waals surface area contributed by atoms with E-state index < -0.39 is 51.3 Å². The molecule has 0 spiro atoms. The van der Waals surface area contributed by atoms with Gasteiger partial charge in [0.1, 0.15) is 0 Å². The second-order valence-corrected chi connectivity index (χ2v) is 10.3. The van der Waals surface area contributed by atoms with E-state index in [1.165, 1.54) is 0 Å². The van der Waals surface area contributed by atoms with Gasteiger partial charge in [-0.25, -0.2) is 4.21 Å². The third kappa shape index (κ3) is 4.78. The van der Waals surface area contributed by atoms with Crippen molar-refractivity contribution in [2.45, 2.75) is 44.5 Å². The summed E-state index contributed by atoms with van der Waals surface area (Å²) in [5.74, 6) is -1.53. The van der Waals surface area contributed by atoms with Gasteiger partial charge in [-0.1, -0.05) is 23.8 Å². The number of hydrogen-bond acceptors (Lipinski definition) is 6. The van der Waals surface area contributed by atoms with Crippen LogP contribution in [0.5, 0.6) is 0 Å². The van der Waals surface area contributed by atoms with Crippen LogP contribution in [-0.2, 0) is 20.1 Å². The Labute approximate surface area is 178 Å². The van der Waals surface area contributed by atoms with Gasteiger partial charge in [-0.3, -0.25) is 14.8 Å². The predicted octanol–water partition coefficient (Wildman–Crippen LogP) is 2.63. The van der Waals surface area contributed by atoms with E-state index in [2.05, 4.69) is 14.3 Å². The maximum atomic E-state index is 13.8. The number of amides is 1. The molecule has 0 fully saturated rings. The van der Waals surface area contributed by atoms with Gasteiger partial charge in [-0.05, 0) is 25.8 Å². The van der Waals surface area contributed by atoms with E-state index in [1.807, 2.05) is 26.0 Å². The summed E-state index contributed by atoms with van der Waals surface area (Å²) in [5, 5.41) is 10.5. The maximum Gasteiger partial charge on any atom is 0.423 e. The average molecular weight is 456 g/mol. The lowest BCUT2D eigenvalue weighted by molar-refractivity contribution is -0.269. The summed E-state index contributed by atoms with van der Waals surface area (Å²) >= 11 is 0. The zero-order chi connectivity index (χ0) is 23.0. The highest BCUT2D eigenvalue weighted by atomic mass is 32.2. The molecule has 1 aromatic heterocycles. The molecule has 11 heteroatoms. The highest BCUT2D eigenvalue weighted by Gasteiger charge is 2.56. The summed E-state index contributed by atoms with van der Waals surface area (Å²) < 4.78 is 57.6. The SMILES string of the molecule is Cc1ccc(-c2cnc(C(O)(CCS3(=O)=NC(=O)[C@@H](N)CC3)C(F)(F)F)cn2)c(C)c1. The van der Waals surface area contributed by atoms with Crippen LogP contribution < -0.4 is 5.73 Å². The highest BCUT2D eigenvalue weighted by Crippen LogP contribution is 2.41. The van der Waals surface area contributed by atoms with Gasteiger partial charge in [0.2, 0.25) is 5.60 Å². The Balaban J connectivity index is 1.91. The van der Waals surface area contributed by atoms with Gasteiger partial charge in [-0.2, -0.15) is 17.5 Å². The Bertz CT molecular complexity index is 1110. The molecule has 3 rings (SSSR count). The number of carbonyl (C=O) groups is 1. The van der Waals surface area contributed by atoms with Crippen molar-refractivity contribution < 1.29 is 27.3 Å². The Hall–Kier alpha value is -2.37. The van der Waals surface area contributed by atoms with Crippen molar-refractivity contribution in [2.24, 2.45) is 10.1 Å². The van der Waals surface area contributed by atoms with E-state index in [-0.39, 0.29) is 12.2 Å². The largest absolute Gasteiger partial charge is 0.423 e. The molecule has 0 saturated heterocycles. The van der Waals surface area contributed by atoms with Crippen molar-refractivity contribution in [3.63, 3.8) is 0 Å². The summed E-state index contributed by atoms with van der Waals surface area (Å²) in [6.07, 6.45) is -3.98. The number of aromatic nitrogens is 2. The topological polar surface area (TPSA) is 119 Å². The Morgan fingerprint density at radius 2 is 1.94 bits per heavy atom. The van der Waals surface area contributed by atoms with Crippen LogP contribution in [0, 0.1) is 13.8 Å². The molecule has 168 valence electrons. The number of carbonyl (C=O) groups excluding carboxylic acids is 1. The molecular formula is C20H23F3N4O3S. The van der Waals surface area contributed by atoms with Crippen LogP contribution in [-0.4, -0.2) is 48.9 Å². The lowest BCUT2D eigenvalue weighted by Crippen LogP contribution is -2.45. The zero-order valence-corrected chi connectivity index (χ0v) is 17.8. The van der Waals surface area contributed by atoms with E-state index in [0.717, 1.165) is 23.5 Å². The van der Waals surface area contributed by atoms with Crippen LogP contribution in [0.1, 0.15) is 29.7 Å². The number of alkyl halides is 3. The fourth-order valence-electron chi connectivity index (χ4n) is 3.36. The minimum absolute atomic E-state index is 0.0655. The van der Waals surface area contributed by atoms with E-state index in [4.69, 9.17) is 5.73 Å². The molecule has 1 aromatic carbocycles. The molecule has 31 heavy (non-hydrogen) atoms. The maximum absolute atomic E-state index is 13.8. The predicted molar refractivity (Wildman–Crippen MR) is 109 cm³/mol. The van der Waals surface area contributed by atoms with Crippen molar-refractivity contribution in [1.29, 1.82) is 0 Å². The molecule has 3 atom stereocenters. The molecule has 2 unspecified atom stereocenters. The molecular weight excluding hydrogens is 433 g/mol. The van der Waals surface area contributed by atoms with Crippen molar-refractivity contribution >= 4 is 15.6 Å². The summed E-state index contributed by atoms with van der Waals surface area (Å²) in [5.41, 5.74) is 4.38. The Morgan fingerprint density at radius 3 is 2.48 bits per heavy atom. The molecule has 1 amide bonds. The average Bonchev–Trinajstić information content (AvgIpc) is 2.69. The molecule has 0 saturated carbocycles. The van der Waals surface area contributed by atoms with Gasteiger partial charge in [0, 0.05) is 23.5 Å². The summed E-state index contributed by atoms with van der Waals surface area (Å²) in [6, 6.07) is 4.65.